The van der Waals surface area contributed by atoms with Crippen molar-refractivity contribution in [3.05, 3.63) is 95.7 Å². The van der Waals surface area contributed by atoms with E-state index in [9.17, 15) is 4.79 Å². The standard InChI is InChI=1S/C29H31N3O2/c1-5-21-15-17-22(18-16-21)26-27(32(6-2)28(31-26)23-11-8-7-9-12-23)29(33)30-20(3)24-13-10-14-25(19-24)34-4/h7-20H,5-6H2,1-4H3,(H,30,33)/t20-/m0/s1. The summed E-state index contributed by atoms with van der Waals surface area (Å²) in [5.74, 6) is 1.40. The summed E-state index contributed by atoms with van der Waals surface area (Å²) in [4.78, 5) is 18.7. The van der Waals surface area contributed by atoms with E-state index in [0.29, 0.717) is 17.9 Å². The van der Waals surface area contributed by atoms with Crippen LogP contribution in [0.3, 0.4) is 0 Å². The normalized spacial score (nSPS) is 11.8. The Morgan fingerprint density at radius 2 is 1.71 bits per heavy atom. The lowest BCUT2D eigenvalue weighted by molar-refractivity contribution is 0.0931. The van der Waals surface area contributed by atoms with Crippen LogP contribution in [0.1, 0.15) is 48.4 Å². The van der Waals surface area contributed by atoms with Crippen LogP contribution in [0.2, 0.25) is 0 Å². The molecule has 5 heteroatoms. The van der Waals surface area contributed by atoms with Gasteiger partial charge in [-0.25, -0.2) is 4.98 Å². The van der Waals surface area contributed by atoms with E-state index in [1.165, 1.54) is 5.56 Å². The van der Waals surface area contributed by atoms with E-state index >= 15 is 0 Å². The molecule has 0 spiro atoms. The summed E-state index contributed by atoms with van der Waals surface area (Å²) in [6.07, 6.45) is 0.963. The zero-order valence-electron chi connectivity index (χ0n) is 20.2. The van der Waals surface area contributed by atoms with Crippen molar-refractivity contribution in [2.75, 3.05) is 7.11 Å². The van der Waals surface area contributed by atoms with E-state index in [4.69, 9.17) is 9.72 Å². The molecule has 4 aromatic rings. The third kappa shape index (κ3) is 4.74. The largest absolute Gasteiger partial charge is 0.497 e. The predicted octanol–water partition coefficient (Wildman–Crippen LogP) is 6.30. The lowest BCUT2D eigenvalue weighted by Crippen LogP contribution is -2.29. The first-order valence-corrected chi connectivity index (χ1v) is 11.8. The molecule has 0 saturated carbocycles. The molecule has 0 saturated heterocycles. The molecule has 4 rings (SSSR count). The first-order chi connectivity index (χ1) is 16.5. The summed E-state index contributed by atoms with van der Waals surface area (Å²) in [6, 6.07) is 25.9. The summed E-state index contributed by atoms with van der Waals surface area (Å²) in [5.41, 5.74) is 5.41. The highest BCUT2D eigenvalue weighted by Crippen LogP contribution is 2.30. The Labute approximate surface area is 201 Å². The van der Waals surface area contributed by atoms with Gasteiger partial charge in [0.05, 0.1) is 13.2 Å². The van der Waals surface area contributed by atoms with Gasteiger partial charge in [0.2, 0.25) is 0 Å². The molecule has 0 fully saturated rings. The number of amides is 1. The van der Waals surface area contributed by atoms with Crippen molar-refractivity contribution in [2.45, 2.75) is 39.8 Å². The van der Waals surface area contributed by atoms with E-state index < -0.39 is 0 Å². The molecular formula is C29H31N3O2. The van der Waals surface area contributed by atoms with Gasteiger partial charge >= 0.3 is 0 Å². The molecule has 5 nitrogen and oxygen atoms in total. The SMILES string of the molecule is CCc1ccc(-c2nc(-c3ccccc3)n(CC)c2C(=O)N[C@@H](C)c2cccc(OC)c2)cc1. The minimum Gasteiger partial charge on any atom is -0.497 e. The van der Waals surface area contributed by atoms with E-state index in [2.05, 4.69) is 36.5 Å². The van der Waals surface area contributed by atoms with Gasteiger partial charge in [0.25, 0.3) is 5.91 Å². The minimum absolute atomic E-state index is 0.151. The quantitative estimate of drug-likeness (QED) is 0.341. The number of nitrogens with zero attached hydrogens (tertiary/aromatic N) is 2. The van der Waals surface area contributed by atoms with E-state index in [0.717, 1.165) is 34.7 Å². The van der Waals surface area contributed by atoms with Crippen molar-refractivity contribution < 1.29 is 9.53 Å². The second-order valence-electron chi connectivity index (χ2n) is 8.27. The van der Waals surface area contributed by atoms with Crippen molar-refractivity contribution in [3.63, 3.8) is 0 Å². The zero-order valence-corrected chi connectivity index (χ0v) is 20.2. The highest BCUT2D eigenvalue weighted by Gasteiger charge is 2.25. The van der Waals surface area contributed by atoms with Gasteiger partial charge in [-0.1, -0.05) is 73.7 Å². The second-order valence-corrected chi connectivity index (χ2v) is 8.27. The minimum atomic E-state index is -0.196. The molecule has 0 aliphatic carbocycles. The van der Waals surface area contributed by atoms with Gasteiger partial charge in [-0.05, 0) is 43.5 Å². The Kier molecular flexibility index (Phi) is 7.12. The number of imidazole rings is 1. The Morgan fingerprint density at radius 1 is 0.971 bits per heavy atom. The van der Waals surface area contributed by atoms with Gasteiger partial charge in [-0.15, -0.1) is 0 Å². The van der Waals surface area contributed by atoms with Crippen LogP contribution in [0.4, 0.5) is 0 Å². The number of rotatable bonds is 8. The van der Waals surface area contributed by atoms with Gasteiger partial charge < -0.3 is 14.6 Å². The number of benzene rings is 3. The molecule has 1 aromatic heterocycles. The number of methoxy groups -OCH3 is 1. The molecule has 1 atom stereocenters. The number of nitrogens with one attached hydrogen (secondary N) is 1. The van der Waals surface area contributed by atoms with Crippen LogP contribution in [0.25, 0.3) is 22.6 Å². The summed E-state index contributed by atoms with van der Waals surface area (Å²) >= 11 is 0. The van der Waals surface area contributed by atoms with Crippen LogP contribution < -0.4 is 10.1 Å². The van der Waals surface area contributed by atoms with E-state index in [-0.39, 0.29) is 11.9 Å². The molecular weight excluding hydrogens is 422 g/mol. The summed E-state index contributed by atoms with van der Waals surface area (Å²) in [5, 5.41) is 3.18. The Morgan fingerprint density at radius 3 is 2.35 bits per heavy atom. The van der Waals surface area contributed by atoms with Gasteiger partial charge in [0.15, 0.2) is 0 Å². The van der Waals surface area contributed by atoms with Gasteiger partial charge in [0, 0.05) is 17.7 Å². The molecule has 1 N–H and O–H groups in total. The van der Waals surface area contributed by atoms with Crippen molar-refractivity contribution in [3.8, 4) is 28.4 Å². The highest BCUT2D eigenvalue weighted by atomic mass is 16.5. The maximum atomic E-state index is 13.7. The van der Waals surface area contributed by atoms with E-state index in [1.54, 1.807) is 7.11 Å². The molecule has 1 heterocycles. The predicted molar refractivity (Wildman–Crippen MR) is 137 cm³/mol. The topological polar surface area (TPSA) is 56.2 Å². The molecule has 1 amide bonds. The number of carbonyl (C=O) groups excluding carboxylic acids is 1. The van der Waals surface area contributed by atoms with Crippen molar-refractivity contribution in [1.82, 2.24) is 14.9 Å². The number of carbonyl (C=O) groups is 1. The van der Waals surface area contributed by atoms with E-state index in [1.807, 2.05) is 73.0 Å². The molecule has 0 aliphatic heterocycles. The fraction of sp³-hybridized carbons (Fsp3) is 0.241. The van der Waals surface area contributed by atoms with Crippen LogP contribution in [0, 0.1) is 0 Å². The maximum Gasteiger partial charge on any atom is 0.270 e. The molecule has 0 radical (unpaired) electrons. The summed E-state index contributed by atoms with van der Waals surface area (Å²) in [6.45, 7) is 6.78. The monoisotopic (exact) mass is 453 g/mol. The average Bonchev–Trinajstić information content (AvgIpc) is 3.29. The fourth-order valence-corrected chi connectivity index (χ4v) is 4.16. The Balaban J connectivity index is 1.78. The maximum absolute atomic E-state index is 13.7. The third-order valence-electron chi connectivity index (χ3n) is 6.11. The van der Waals surface area contributed by atoms with Crippen molar-refractivity contribution in [1.29, 1.82) is 0 Å². The highest BCUT2D eigenvalue weighted by molar-refractivity contribution is 5.99. The Hall–Kier alpha value is -3.86. The number of hydrogen-bond acceptors (Lipinski definition) is 3. The molecule has 3 aromatic carbocycles. The molecule has 34 heavy (non-hydrogen) atoms. The lowest BCUT2D eigenvalue weighted by Gasteiger charge is -2.17. The van der Waals surface area contributed by atoms with Gasteiger partial charge in [-0.3, -0.25) is 4.79 Å². The second kappa shape index (κ2) is 10.4. The number of aromatic nitrogens is 2. The van der Waals surface area contributed by atoms with Crippen molar-refractivity contribution in [2.24, 2.45) is 0 Å². The van der Waals surface area contributed by atoms with Gasteiger partial charge in [-0.2, -0.15) is 0 Å². The summed E-state index contributed by atoms with van der Waals surface area (Å²) < 4.78 is 7.36. The lowest BCUT2D eigenvalue weighted by atomic mass is 10.0. The third-order valence-corrected chi connectivity index (χ3v) is 6.11. The number of ether oxygens (including phenoxy) is 1. The number of hydrogen-bond donors (Lipinski definition) is 1. The van der Waals surface area contributed by atoms with Gasteiger partial charge in [0.1, 0.15) is 23.0 Å². The summed E-state index contributed by atoms with van der Waals surface area (Å²) in [7, 11) is 1.64. The molecule has 0 bridgehead atoms. The first-order valence-electron chi connectivity index (χ1n) is 11.8. The van der Waals surface area contributed by atoms with Crippen LogP contribution in [0.5, 0.6) is 5.75 Å². The average molecular weight is 454 g/mol. The smallest absolute Gasteiger partial charge is 0.270 e. The van der Waals surface area contributed by atoms with Crippen LogP contribution in [-0.2, 0) is 13.0 Å². The van der Waals surface area contributed by atoms with Crippen molar-refractivity contribution >= 4 is 5.91 Å². The Bertz CT molecular complexity index is 1260. The van der Waals surface area contributed by atoms with Crippen LogP contribution in [0.15, 0.2) is 78.9 Å². The first kappa shape index (κ1) is 23.3. The zero-order chi connectivity index (χ0) is 24.1. The molecule has 0 unspecified atom stereocenters. The van der Waals surface area contributed by atoms with Crippen LogP contribution >= 0.6 is 0 Å². The fourth-order valence-electron chi connectivity index (χ4n) is 4.16. The molecule has 174 valence electrons. The molecule has 0 aliphatic rings. The van der Waals surface area contributed by atoms with Crippen LogP contribution in [-0.4, -0.2) is 22.6 Å². The number of aryl methyl sites for hydroxylation is 1.